The predicted molar refractivity (Wildman–Crippen MR) is 117 cm³/mol. The van der Waals surface area contributed by atoms with Gasteiger partial charge < -0.3 is 9.64 Å². The molecule has 0 radical (unpaired) electrons. The van der Waals surface area contributed by atoms with Crippen LogP contribution in [0.3, 0.4) is 0 Å². The molecular weight excluding hydrogens is 462 g/mol. The van der Waals surface area contributed by atoms with Crippen molar-refractivity contribution in [1.29, 1.82) is 0 Å². The number of nitrogens with zero attached hydrogens (tertiary/aromatic N) is 2. The lowest BCUT2D eigenvalue weighted by molar-refractivity contribution is 0.331. The lowest BCUT2D eigenvalue weighted by Crippen LogP contribution is -2.19. The standard InChI is InChI=1S/C19H18BrN3O3S2/c1-2-26-17-8-5-14(20)11-18(17)28(24,25)22-15-6-3-13(4-7-15)16-12-27-19-21-9-10-23(16)19/h3-8,11-12,22H,2,9-10H2,1H3. The van der Waals surface area contributed by atoms with E-state index in [1.54, 1.807) is 36.0 Å². The van der Waals surface area contributed by atoms with Gasteiger partial charge >= 0.3 is 0 Å². The quantitative estimate of drug-likeness (QED) is 0.665. The van der Waals surface area contributed by atoms with Gasteiger partial charge in [-0.2, -0.15) is 0 Å². The van der Waals surface area contributed by atoms with Gasteiger partial charge in [-0.3, -0.25) is 9.71 Å². The minimum atomic E-state index is -3.79. The van der Waals surface area contributed by atoms with Crippen LogP contribution >= 0.6 is 27.7 Å². The largest absolute Gasteiger partial charge is 0.492 e. The van der Waals surface area contributed by atoms with Crippen LogP contribution in [-0.4, -0.2) is 38.2 Å². The third kappa shape index (κ3) is 3.78. The number of anilines is 1. The number of fused-ring (bicyclic) bond motifs is 1. The highest BCUT2D eigenvalue weighted by Gasteiger charge is 2.27. The maximum atomic E-state index is 12.9. The van der Waals surface area contributed by atoms with Crippen molar-refractivity contribution in [3.8, 4) is 5.75 Å². The van der Waals surface area contributed by atoms with Gasteiger partial charge in [-0.15, -0.1) is 0 Å². The third-order valence-electron chi connectivity index (χ3n) is 4.30. The van der Waals surface area contributed by atoms with E-state index in [0.29, 0.717) is 22.5 Å². The first-order valence-corrected chi connectivity index (χ1v) is 11.9. The first-order valence-electron chi connectivity index (χ1n) is 8.72. The molecule has 2 heterocycles. The molecule has 0 aliphatic carbocycles. The number of thioether (sulfide) groups is 1. The summed E-state index contributed by atoms with van der Waals surface area (Å²) in [5, 5.41) is 3.10. The minimum absolute atomic E-state index is 0.0978. The fourth-order valence-corrected chi connectivity index (χ4v) is 5.74. The summed E-state index contributed by atoms with van der Waals surface area (Å²) in [7, 11) is -3.79. The second-order valence-corrected chi connectivity index (χ2v) is 9.55. The van der Waals surface area contributed by atoms with Crippen LogP contribution < -0.4 is 9.46 Å². The Morgan fingerprint density at radius 2 is 2.04 bits per heavy atom. The SMILES string of the molecule is CCOc1ccc(Br)cc1S(=O)(=O)Nc1ccc(C2=CSC3=NCCN23)cc1. The van der Waals surface area contributed by atoms with Gasteiger partial charge in [-0.05, 0) is 42.8 Å². The maximum absolute atomic E-state index is 12.9. The highest BCUT2D eigenvalue weighted by Crippen LogP contribution is 2.36. The van der Waals surface area contributed by atoms with Crippen LogP contribution in [0.1, 0.15) is 12.5 Å². The van der Waals surface area contributed by atoms with Gasteiger partial charge in [0.1, 0.15) is 10.6 Å². The maximum Gasteiger partial charge on any atom is 0.265 e. The molecule has 9 heteroatoms. The summed E-state index contributed by atoms with van der Waals surface area (Å²) in [5.74, 6) is 0.323. The monoisotopic (exact) mass is 479 g/mol. The Hall–Kier alpha value is -1.97. The molecule has 0 spiro atoms. The van der Waals surface area contributed by atoms with Crippen LogP contribution in [0.5, 0.6) is 5.75 Å². The van der Waals surface area contributed by atoms with Crippen LogP contribution in [0.2, 0.25) is 0 Å². The first-order chi connectivity index (χ1) is 13.5. The number of benzene rings is 2. The van der Waals surface area contributed by atoms with E-state index in [4.69, 9.17) is 4.74 Å². The van der Waals surface area contributed by atoms with Gasteiger partial charge in [0, 0.05) is 22.1 Å². The molecule has 0 saturated carbocycles. The topological polar surface area (TPSA) is 71.0 Å². The molecule has 0 saturated heterocycles. The number of rotatable bonds is 6. The van der Waals surface area contributed by atoms with Crippen molar-refractivity contribution in [3.63, 3.8) is 0 Å². The lowest BCUT2D eigenvalue weighted by atomic mass is 10.1. The molecule has 4 rings (SSSR count). The number of hydrogen-bond acceptors (Lipinski definition) is 6. The summed E-state index contributed by atoms with van der Waals surface area (Å²) in [6.45, 7) is 3.89. The van der Waals surface area contributed by atoms with Gasteiger partial charge in [0.05, 0.1) is 18.8 Å². The Morgan fingerprint density at radius 3 is 2.79 bits per heavy atom. The Bertz CT molecular complexity index is 1070. The zero-order valence-electron chi connectivity index (χ0n) is 15.1. The second-order valence-electron chi connectivity index (χ2n) is 6.14. The number of aliphatic imine (C=N–C) groups is 1. The molecule has 0 bridgehead atoms. The molecule has 1 N–H and O–H groups in total. The minimum Gasteiger partial charge on any atom is -0.492 e. The first kappa shape index (κ1) is 19.4. The number of hydrogen-bond donors (Lipinski definition) is 1. The van der Waals surface area contributed by atoms with Crippen molar-refractivity contribution in [2.45, 2.75) is 11.8 Å². The zero-order valence-corrected chi connectivity index (χ0v) is 18.3. The van der Waals surface area contributed by atoms with Crippen LogP contribution in [0, 0.1) is 0 Å². The van der Waals surface area contributed by atoms with Crippen molar-refractivity contribution in [1.82, 2.24) is 4.90 Å². The zero-order chi connectivity index (χ0) is 19.7. The Morgan fingerprint density at radius 1 is 1.25 bits per heavy atom. The summed E-state index contributed by atoms with van der Waals surface area (Å²) >= 11 is 4.94. The Balaban J connectivity index is 1.56. The van der Waals surface area contributed by atoms with Crippen molar-refractivity contribution in [2.75, 3.05) is 24.4 Å². The number of amidine groups is 1. The van der Waals surface area contributed by atoms with Crippen molar-refractivity contribution >= 4 is 54.3 Å². The second kappa shape index (κ2) is 7.81. The molecule has 2 aromatic carbocycles. The molecule has 146 valence electrons. The van der Waals surface area contributed by atoms with E-state index in [9.17, 15) is 8.42 Å². The molecule has 0 unspecified atom stereocenters. The molecule has 6 nitrogen and oxygen atoms in total. The van der Waals surface area contributed by atoms with E-state index >= 15 is 0 Å². The van der Waals surface area contributed by atoms with Gasteiger partial charge in [0.25, 0.3) is 10.0 Å². The highest BCUT2D eigenvalue weighted by molar-refractivity contribution is 9.10. The smallest absolute Gasteiger partial charge is 0.265 e. The van der Waals surface area contributed by atoms with Crippen molar-refractivity contribution in [3.05, 3.63) is 57.9 Å². The lowest BCUT2D eigenvalue weighted by Gasteiger charge is -2.17. The van der Waals surface area contributed by atoms with E-state index in [1.807, 2.05) is 19.1 Å². The molecular formula is C19H18BrN3O3S2. The number of ether oxygens (including phenoxy) is 1. The Kier molecular flexibility index (Phi) is 5.39. The van der Waals surface area contributed by atoms with Crippen LogP contribution in [0.4, 0.5) is 5.69 Å². The summed E-state index contributed by atoms with van der Waals surface area (Å²) in [6.07, 6.45) is 0. The van der Waals surface area contributed by atoms with Crippen LogP contribution in [0.15, 0.2) is 62.2 Å². The van der Waals surface area contributed by atoms with Gasteiger partial charge in [0.15, 0.2) is 5.17 Å². The van der Waals surface area contributed by atoms with Crippen molar-refractivity contribution in [2.24, 2.45) is 4.99 Å². The van der Waals surface area contributed by atoms with E-state index in [1.165, 1.54) is 6.07 Å². The molecule has 28 heavy (non-hydrogen) atoms. The van der Waals surface area contributed by atoms with Crippen LogP contribution in [0.25, 0.3) is 5.70 Å². The predicted octanol–water partition coefficient (Wildman–Crippen LogP) is 4.37. The fraction of sp³-hybridized carbons (Fsp3) is 0.211. The number of sulfonamides is 1. The molecule has 2 aliphatic rings. The highest BCUT2D eigenvalue weighted by atomic mass is 79.9. The van der Waals surface area contributed by atoms with Gasteiger partial charge in [0.2, 0.25) is 0 Å². The molecule has 2 aliphatic heterocycles. The average molecular weight is 480 g/mol. The third-order valence-corrected chi connectivity index (χ3v) is 7.09. The summed E-state index contributed by atoms with van der Waals surface area (Å²) in [5.41, 5.74) is 2.62. The summed E-state index contributed by atoms with van der Waals surface area (Å²) in [4.78, 5) is 6.73. The fourth-order valence-electron chi connectivity index (χ4n) is 3.03. The summed E-state index contributed by atoms with van der Waals surface area (Å²) < 4.78 is 34.6. The number of halogens is 1. The molecule has 0 aromatic heterocycles. The van der Waals surface area contributed by atoms with Crippen LogP contribution in [-0.2, 0) is 10.0 Å². The van der Waals surface area contributed by atoms with E-state index < -0.39 is 10.0 Å². The van der Waals surface area contributed by atoms with Gasteiger partial charge in [-0.25, -0.2) is 8.42 Å². The number of nitrogens with one attached hydrogen (secondary N) is 1. The van der Waals surface area contributed by atoms with E-state index in [0.717, 1.165) is 29.5 Å². The summed E-state index contributed by atoms with van der Waals surface area (Å²) in [6, 6.07) is 12.3. The van der Waals surface area contributed by atoms with Crippen molar-refractivity contribution < 1.29 is 13.2 Å². The normalized spacial score (nSPS) is 15.9. The van der Waals surface area contributed by atoms with E-state index in [2.05, 4.69) is 36.0 Å². The molecule has 0 atom stereocenters. The Labute approximate surface area is 176 Å². The average Bonchev–Trinajstić information content (AvgIpc) is 3.27. The molecule has 0 amide bonds. The van der Waals surface area contributed by atoms with E-state index in [-0.39, 0.29) is 4.90 Å². The van der Waals surface area contributed by atoms with Gasteiger partial charge in [-0.1, -0.05) is 39.8 Å². The molecule has 0 fully saturated rings. The molecule has 2 aromatic rings.